The summed E-state index contributed by atoms with van der Waals surface area (Å²) in [6, 6.07) is 22.8. The largest absolute Gasteiger partial charge is 0.481 e. The number of carbonyl (C=O) groups excluding carboxylic acids is 2. The van der Waals surface area contributed by atoms with Gasteiger partial charge in [0.2, 0.25) is 0 Å². The highest BCUT2D eigenvalue weighted by atomic mass is 16.5. The van der Waals surface area contributed by atoms with Gasteiger partial charge in [-0.1, -0.05) is 55.5 Å². The van der Waals surface area contributed by atoms with Gasteiger partial charge in [-0.2, -0.15) is 0 Å². The molecule has 7 nitrogen and oxygen atoms in total. The van der Waals surface area contributed by atoms with Crippen molar-refractivity contribution in [3.63, 3.8) is 0 Å². The molecule has 3 aromatic carbocycles. The zero-order valence-electron chi connectivity index (χ0n) is 19.7. The van der Waals surface area contributed by atoms with Gasteiger partial charge in [-0.15, -0.1) is 0 Å². The predicted octanol–water partition coefficient (Wildman–Crippen LogP) is 5.23. The summed E-state index contributed by atoms with van der Waals surface area (Å²) in [5, 5.41) is 11.8. The lowest BCUT2D eigenvalue weighted by Gasteiger charge is -2.23. The number of nitrogens with zero attached hydrogens (tertiary/aromatic N) is 1. The van der Waals surface area contributed by atoms with E-state index in [-0.39, 0.29) is 25.0 Å². The van der Waals surface area contributed by atoms with E-state index in [0.29, 0.717) is 17.8 Å². The molecule has 2 N–H and O–H groups in total. The first kappa shape index (κ1) is 24.0. The van der Waals surface area contributed by atoms with Crippen LogP contribution in [0.5, 0.6) is 0 Å². The zero-order chi connectivity index (χ0) is 24.9. The molecule has 2 amide bonds. The SMILES string of the molecule is CCN(CC(C)C(=O)O)C(=O)c1ccc(NC(=O)OCC2c3ccccc3-c3ccccc32)cc1. The van der Waals surface area contributed by atoms with Crippen LogP contribution >= 0.6 is 0 Å². The summed E-state index contributed by atoms with van der Waals surface area (Å²) >= 11 is 0. The van der Waals surface area contributed by atoms with E-state index >= 15 is 0 Å². The Morgan fingerprint density at radius 1 is 0.943 bits per heavy atom. The fraction of sp³-hybridized carbons (Fsp3) is 0.250. The Morgan fingerprint density at radius 3 is 2.06 bits per heavy atom. The number of amides is 2. The molecule has 0 spiro atoms. The molecule has 0 aromatic heterocycles. The molecule has 0 bridgehead atoms. The molecule has 0 radical (unpaired) electrons. The number of hydrogen-bond acceptors (Lipinski definition) is 4. The van der Waals surface area contributed by atoms with Gasteiger partial charge in [-0.3, -0.25) is 14.9 Å². The lowest BCUT2D eigenvalue weighted by molar-refractivity contribution is -0.141. The van der Waals surface area contributed by atoms with Crippen molar-refractivity contribution in [1.82, 2.24) is 4.90 Å². The van der Waals surface area contributed by atoms with Crippen molar-refractivity contribution in [2.45, 2.75) is 19.8 Å². The fourth-order valence-electron chi connectivity index (χ4n) is 4.40. The molecule has 0 saturated heterocycles. The average Bonchev–Trinajstić information content (AvgIpc) is 3.19. The van der Waals surface area contributed by atoms with Crippen LogP contribution in [0, 0.1) is 5.92 Å². The maximum atomic E-state index is 12.7. The summed E-state index contributed by atoms with van der Waals surface area (Å²) in [4.78, 5) is 37.8. The maximum Gasteiger partial charge on any atom is 0.411 e. The topological polar surface area (TPSA) is 95.9 Å². The maximum absolute atomic E-state index is 12.7. The van der Waals surface area contributed by atoms with Crippen molar-refractivity contribution in [3.05, 3.63) is 89.5 Å². The second-order valence-corrected chi connectivity index (χ2v) is 8.61. The van der Waals surface area contributed by atoms with E-state index in [1.165, 1.54) is 4.90 Å². The van der Waals surface area contributed by atoms with Gasteiger partial charge in [0.05, 0.1) is 5.92 Å². The molecule has 180 valence electrons. The minimum absolute atomic E-state index is 0.0265. The van der Waals surface area contributed by atoms with Gasteiger partial charge in [0.1, 0.15) is 6.61 Å². The Labute approximate surface area is 204 Å². The molecule has 1 atom stereocenters. The number of anilines is 1. The van der Waals surface area contributed by atoms with Crippen LogP contribution in [0.15, 0.2) is 72.8 Å². The van der Waals surface area contributed by atoms with E-state index < -0.39 is 18.0 Å². The summed E-state index contributed by atoms with van der Waals surface area (Å²) in [6.07, 6.45) is -0.573. The molecule has 1 unspecified atom stereocenters. The predicted molar refractivity (Wildman–Crippen MR) is 134 cm³/mol. The van der Waals surface area contributed by atoms with Crippen LogP contribution in [0.3, 0.4) is 0 Å². The van der Waals surface area contributed by atoms with Crippen LogP contribution < -0.4 is 5.32 Å². The Morgan fingerprint density at radius 2 is 1.51 bits per heavy atom. The van der Waals surface area contributed by atoms with Crippen LogP contribution in [0.25, 0.3) is 11.1 Å². The number of rotatable bonds is 8. The first-order chi connectivity index (χ1) is 16.9. The van der Waals surface area contributed by atoms with Gasteiger partial charge in [0.15, 0.2) is 0 Å². The quantitative estimate of drug-likeness (QED) is 0.468. The van der Waals surface area contributed by atoms with Crippen molar-refractivity contribution in [1.29, 1.82) is 0 Å². The Balaban J connectivity index is 1.36. The number of fused-ring (bicyclic) bond motifs is 3. The molecular formula is C28H28N2O5. The Hall–Kier alpha value is -4.13. The number of benzene rings is 3. The van der Waals surface area contributed by atoms with Crippen molar-refractivity contribution in [2.75, 3.05) is 25.0 Å². The molecular weight excluding hydrogens is 444 g/mol. The van der Waals surface area contributed by atoms with Gasteiger partial charge in [0, 0.05) is 30.3 Å². The van der Waals surface area contributed by atoms with Gasteiger partial charge in [-0.25, -0.2) is 4.79 Å². The van der Waals surface area contributed by atoms with E-state index in [1.54, 1.807) is 38.1 Å². The average molecular weight is 473 g/mol. The molecule has 0 aliphatic heterocycles. The number of carboxylic acids is 1. The summed E-state index contributed by atoms with van der Waals surface area (Å²) in [6.45, 7) is 4.11. The van der Waals surface area contributed by atoms with Crippen LogP contribution in [-0.2, 0) is 9.53 Å². The zero-order valence-corrected chi connectivity index (χ0v) is 19.7. The lowest BCUT2D eigenvalue weighted by Crippen LogP contribution is -2.36. The molecule has 0 saturated carbocycles. The smallest absolute Gasteiger partial charge is 0.411 e. The van der Waals surface area contributed by atoms with Crippen molar-refractivity contribution in [3.8, 4) is 11.1 Å². The Bertz CT molecular complexity index is 1190. The first-order valence-electron chi connectivity index (χ1n) is 11.6. The van der Waals surface area contributed by atoms with Gasteiger partial charge >= 0.3 is 12.1 Å². The number of aliphatic carboxylic acids is 1. The van der Waals surface area contributed by atoms with E-state index in [2.05, 4.69) is 29.6 Å². The van der Waals surface area contributed by atoms with E-state index in [0.717, 1.165) is 22.3 Å². The number of nitrogens with one attached hydrogen (secondary N) is 1. The number of hydrogen-bond donors (Lipinski definition) is 2. The number of ether oxygens (including phenoxy) is 1. The highest BCUT2D eigenvalue weighted by molar-refractivity contribution is 5.95. The summed E-state index contributed by atoms with van der Waals surface area (Å²) < 4.78 is 5.56. The van der Waals surface area contributed by atoms with Crippen LogP contribution in [0.2, 0.25) is 0 Å². The first-order valence-corrected chi connectivity index (χ1v) is 11.6. The van der Waals surface area contributed by atoms with Gasteiger partial charge in [-0.05, 0) is 53.4 Å². The number of carbonyl (C=O) groups is 3. The summed E-state index contributed by atoms with van der Waals surface area (Å²) in [5.74, 6) is -1.89. The standard InChI is InChI=1S/C28H28N2O5/c1-3-30(16-18(2)27(32)33)26(31)19-12-14-20(15-13-19)29-28(34)35-17-25-23-10-6-4-8-21(23)22-9-5-7-11-24(22)25/h4-15,18,25H,3,16-17H2,1-2H3,(H,29,34)(H,32,33). The third-order valence-electron chi connectivity index (χ3n) is 6.31. The Kier molecular flexibility index (Phi) is 7.15. The molecule has 4 rings (SSSR count). The van der Waals surface area contributed by atoms with Crippen molar-refractivity contribution >= 4 is 23.7 Å². The third kappa shape index (κ3) is 5.19. The van der Waals surface area contributed by atoms with Crippen LogP contribution in [0.4, 0.5) is 10.5 Å². The minimum Gasteiger partial charge on any atom is -0.481 e. The fourth-order valence-corrected chi connectivity index (χ4v) is 4.40. The van der Waals surface area contributed by atoms with Crippen LogP contribution in [-0.4, -0.2) is 47.7 Å². The third-order valence-corrected chi connectivity index (χ3v) is 6.31. The van der Waals surface area contributed by atoms with E-state index in [9.17, 15) is 14.4 Å². The second kappa shape index (κ2) is 10.4. The summed E-state index contributed by atoms with van der Waals surface area (Å²) in [5.41, 5.74) is 5.53. The lowest BCUT2D eigenvalue weighted by atomic mass is 9.98. The summed E-state index contributed by atoms with van der Waals surface area (Å²) in [7, 11) is 0. The monoisotopic (exact) mass is 472 g/mol. The molecule has 35 heavy (non-hydrogen) atoms. The molecule has 0 heterocycles. The molecule has 1 aliphatic carbocycles. The molecule has 3 aromatic rings. The van der Waals surface area contributed by atoms with Crippen molar-refractivity contribution in [2.24, 2.45) is 5.92 Å². The highest BCUT2D eigenvalue weighted by Gasteiger charge is 2.29. The molecule has 1 aliphatic rings. The number of carboxylic acid groups (broad SMARTS) is 1. The van der Waals surface area contributed by atoms with E-state index in [1.807, 2.05) is 24.3 Å². The van der Waals surface area contributed by atoms with Gasteiger partial charge < -0.3 is 14.7 Å². The van der Waals surface area contributed by atoms with E-state index in [4.69, 9.17) is 9.84 Å². The van der Waals surface area contributed by atoms with Crippen LogP contribution in [0.1, 0.15) is 41.3 Å². The second-order valence-electron chi connectivity index (χ2n) is 8.61. The molecule has 7 heteroatoms. The molecule has 0 fully saturated rings. The highest BCUT2D eigenvalue weighted by Crippen LogP contribution is 2.44. The van der Waals surface area contributed by atoms with Crippen molar-refractivity contribution < 1.29 is 24.2 Å². The van der Waals surface area contributed by atoms with Gasteiger partial charge in [0.25, 0.3) is 5.91 Å². The minimum atomic E-state index is -0.945. The normalized spacial score (nSPS) is 12.9.